The molecule has 0 saturated carbocycles. The zero-order valence-electron chi connectivity index (χ0n) is 5.90. The second-order valence-electron chi connectivity index (χ2n) is 2.62. The van der Waals surface area contributed by atoms with E-state index >= 15 is 0 Å². The van der Waals surface area contributed by atoms with E-state index in [2.05, 4.69) is 0 Å². The number of rotatable bonds is 1. The Morgan fingerprint density at radius 1 is 1.45 bits per heavy atom. The fraction of sp³-hybridized carbons (Fsp3) is 1.00. The maximum Gasteiger partial charge on any atom is 0.406 e. The summed E-state index contributed by atoms with van der Waals surface area (Å²) >= 11 is 0. The molecule has 0 spiro atoms. The van der Waals surface area contributed by atoms with Gasteiger partial charge < -0.3 is 10.5 Å². The van der Waals surface area contributed by atoms with Crippen molar-refractivity contribution in [2.45, 2.75) is 31.2 Å². The molecule has 1 fully saturated rings. The highest BCUT2D eigenvalue weighted by Gasteiger charge is 2.43. The summed E-state index contributed by atoms with van der Waals surface area (Å²) in [4.78, 5) is 0. The normalized spacial score (nSPS) is 28.9. The Morgan fingerprint density at radius 2 is 2.09 bits per heavy atom. The standard InChI is InChI=1S/C6H10F3NO/c7-6(8,9)5(10)4-2-1-3-11-4/h4-5H,1-3,10H2/t4?,5-/m0/s1. The third kappa shape index (κ3) is 2.07. The summed E-state index contributed by atoms with van der Waals surface area (Å²) in [5.41, 5.74) is 4.91. The highest BCUT2D eigenvalue weighted by Crippen LogP contribution is 2.26. The van der Waals surface area contributed by atoms with Gasteiger partial charge in [0.15, 0.2) is 0 Å². The Bertz CT molecular complexity index is 130. The van der Waals surface area contributed by atoms with E-state index < -0.39 is 18.3 Å². The summed E-state index contributed by atoms with van der Waals surface area (Å²) in [6.45, 7) is 0.397. The van der Waals surface area contributed by atoms with Crippen molar-refractivity contribution in [3.05, 3.63) is 0 Å². The Morgan fingerprint density at radius 3 is 2.45 bits per heavy atom. The molecule has 1 saturated heterocycles. The Kier molecular flexibility index (Phi) is 2.39. The van der Waals surface area contributed by atoms with Crippen molar-refractivity contribution < 1.29 is 17.9 Å². The third-order valence-corrected chi connectivity index (χ3v) is 1.74. The van der Waals surface area contributed by atoms with Crippen molar-refractivity contribution in [1.29, 1.82) is 0 Å². The van der Waals surface area contributed by atoms with Crippen LogP contribution in [0.15, 0.2) is 0 Å². The summed E-state index contributed by atoms with van der Waals surface area (Å²) in [5.74, 6) is 0. The minimum absolute atomic E-state index is 0.397. The lowest BCUT2D eigenvalue weighted by molar-refractivity contribution is -0.170. The van der Waals surface area contributed by atoms with Gasteiger partial charge in [0.05, 0.1) is 6.10 Å². The molecule has 5 heteroatoms. The van der Waals surface area contributed by atoms with Gasteiger partial charge in [0.1, 0.15) is 6.04 Å². The molecule has 1 unspecified atom stereocenters. The lowest BCUT2D eigenvalue weighted by Crippen LogP contribution is -2.46. The summed E-state index contributed by atoms with van der Waals surface area (Å²) in [6.07, 6.45) is -4.06. The first-order valence-electron chi connectivity index (χ1n) is 3.45. The minimum atomic E-state index is -4.32. The van der Waals surface area contributed by atoms with Crippen LogP contribution in [0.25, 0.3) is 0 Å². The molecular formula is C6H10F3NO. The summed E-state index contributed by atoms with van der Waals surface area (Å²) < 4.78 is 40.5. The van der Waals surface area contributed by atoms with Gasteiger partial charge in [0.25, 0.3) is 0 Å². The summed E-state index contributed by atoms with van der Waals surface area (Å²) in [6, 6.07) is -1.81. The van der Waals surface area contributed by atoms with E-state index in [0.717, 1.165) is 0 Å². The lowest BCUT2D eigenvalue weighted by Gasteiger charge is -2.20. The zero-order chi connectivity index (χ0) is 8.48. The molecule has 1 aliphatic heterocycles. The van der Waals surface area contributed by atoms with Crippen LogP contribution in [0.1, 0.15) is 12.8 Å². The molecule has 0 aromatic rings. The average molecular weight is 169 g/mol. The van der Waals surface area contributed by atoms with Crippen LogP contribution in [0.5, 0.6) is 0 Å². The van der Waals surface area contributed by atoms with E-state index in [1.165, 1.54) is 0 Å². The quantitative estimate of drug-likeness (QED) is 0.636. The smallest absolute Gasteiger partial charge is 0.376 e. The fourth-order valence-corrected chi connectivity index (χ4v) is 1.10. The van der Waals surface area contributed by atoms with Gasteiger partial charge in [-0.25, -0.2) is 0 Å². The van der Waals surface area contributed by atoms with Gasteiger partial charge in [-0.05, 0) is 12.8 Å². The van der Waals surface area contributed by atoms with E-state index in [4.69, 9.17) is 10.5 Å². The molecular weight excluding hydrogens is 159 g/mol. The second-order valence-corrected chi connectivity index (χ2v) is 2.62. The van der Waals surface area contributed by atoms with Gasteiger partial charge >= 0.3 is 6.18 Å². The number of alkyl halides is 3. The van der Waals surface area contributed by atoms with Crippen molar-refractivity contribution in [3.63, 3.8) is 0 Å². The highest BCUT2D eigenvalue weighted by atomic mass is 19.4. The second kappa shape index (κ2) is 2.98. The van der Waals surface area contributed by atoms with Crippen LogP contribution >= 0.6 is 0 Å². The highest BCUT2D eigenvalue weighted by molar-refractivity contribution is 4.82. The van der Waals surface area contributed by atoms with Gasteiger partial charge in [-0.15, -0.1) is 0 Å². The van der Waals surface area contributed by atoms with E-state index in [-0.39, 0.29) is 0 Å². The summed E-state index contributed by atoms with van der Waals surface area (Å²) in [5, 5.41) is 0. The van der Waals surface area contributed by atoms with Crippen molar-refractivity contribution in [2.75, 3.05) is 6.61 Å². The molecule has 0 bridgehead atoms. The van der Waals surface area contributed by atoms with Crippen LogP contribution in [-0.4, -0.2) is 24.9 Å². The van der Waals surface area contributed by atoms with Gasteiger partial charge in [0.2, 0.25) is 0 Å². The first-order valence-corrected chi connectivity index (χ1v) is 3.45. The van der Waals surface area contributed by atoms with Crippen molar-refractivity contribution in [2.24, 2.45) is 5.73 Å². The molecule has 1 rings (SSSR count). The predicted molar refractivity (Wildman–Crippen MR) is 33.0 cm³/mol. The Balaban J connectivity index is 2.46. The largest absolute Gasteiger partial charge is 0.406 e. The third-order valence-electron chi connectivity index (χ3n) is 1.74. The Labute approximate surface area is 62.5 Å². The molecule has 0 aromatic heterocycles. The predicted octanol–water partition coefficient (Wildman–Crippen LogP) is 1.06. The molecule has 1 aliphatic rings. The molecule has 0 aliphatic carbocycles. The SMILES string of the molecule is N[C@@H](C1CCCO1)C(F)(F)F. The topological polar surface area (TPSA) is 35.2 Å². The monoisotopic (exact) mass is 169 g/mol. The number of hydrogen-bond acceptors (Lipinski definition) is 2. The van der Waals surface area contributed by atoms with Crippen molar-refractivity contribution in [1.82, 2.24) is 0 Å². The molecule has 11 heavy (non-hydrogen) atoms. The number of ether oxygens (including phenoxy) is 1. The first-order chi connectivity index (χ1) is 5.02. The maximum atomic E-state index is 11.9. The van der Waals surface area contributed by atoms with Crippen LogP contribution in [-0.2, 0) is 4.74 Å². The van der Waals surface area contributed by atoms with Crippen LogP contribution in [0.3, 0.4) is 0 Å². The van der Waals surface area contributed by atoms with E-state index in [1.807, 2.05) is 0 Å². The fourth-order valence-electron chi connectivity index (χ4n) is 1.10. The van der Waals surface area contributed by atoms with E-state index in [9.17, 15) is 13.2 Å². The molecule has 0 amide bonds. The van der Waals surface area contributed by atoms with Crippen LogP contribution in [0.2, 0.25) is 0 Å². The van der Waals surface area contributed by atoms with Crippen molar-refractivity contribution in [3.8, 4) is 0 Å². The molecule has 66 valence electrons. The van der Waals surface area contributed by atoms with Crippen LogP contribution < -0.4 is 5.73 Å². The van der Waals surface area contributed by atoms with Crippen molar-refractivity contribution >= 4 is 0 Å². The molecule has 2 atom stereocenters. The lowest BCUT2D eigenvalue weighted by atomic mass is 10.1. The molecule has 0 aromatic carbocycles. The van der Waals surface area contributed by atoms with Crippen LogP contribution in [0.4, 0.5) is 13.2 Å². The molecule has 2 nitrogen and oxygen atoms in total. The molecule has 0 radical (unpaired) electrons. The maximum absolute atomic E-state index is 11.9. The number of nitrogens with two attached hydrogens (primary N) is 1. The van der Waals surface area contributed by atoms with E-state index in [1.54, 1.807) is 0 Å². The molecule has 1 heterocycles. The number of hydrogen-bond donors (Lipinski definition) is 1. The minimum Gasteiger partial charge on any atom is -0.376 e. The van der Waals surface area contributed by atoms with Gasteiger partial charge in [-0.1, -0.05) is 0 Å². The summed E-state index contributed by atoms with van der Waals surface area (Å²) in [7, 11) is 0. The zero-order valence-corrected chi connectivity index (χ0v) is 5.90. The van der Waals surface area contributed by atoms with Gasteiger partial charge in [-0.3, -0.25) is 0 Å². The first kappa shape index (κ1) is 8.80. The average Bonchev–Trinajstić information content (AvgIpc) is 2.34. The van der Waals surface area contributed by atoms with Crippen LogP contribution in [0, 0.1) is 0 Å². The Hall–Kier alpha value is -0.290. The molecule has 2 N–H and O–H groups in total. The van der Waals surface area contributed by atoms with Gasteiger partial charge in [-0.2, -0.15) is 13.2 Å². The van der Waals surface area contributed by atoms with Gasteiger partial charge in [0, 0.05) is 6.61 Å². The number of halogens is 3. The van der Waals surface area contributed by atoms with E-state index in [0.29, 0.717) is 19.4 Å².